The molecule has 0 aliphatic carbocycles. The second-order valence-corrected chi connectivity index (χ2v) is 8.10. The van der Waals surface area contributed by atoms with Gasteiger partial charge in [0.1, 0.15) is 10.7 Å². The molecule has 0 atom stereocenters. The van der Waals surface area contributed by atoms with Gasteiger partial charge in [-0.25, -0.2) is 9.97 Å². The normalized spacial score (nSPS) is 10.7. The molecule has 33 heavy (non-hydrogen) atoms. The van der Waals surface area contributed by atoms with Gasteiger partial charge in [-0.15, -0.1) is 11.3 Å². The number of aryl methyl sites for hydroxylation is 3. The number of fused-ring (bicyclic) bond motifs is 1. The standard InChI is InChI=1S/C23H28N4O5S/c1-7-30-16-10-15(11-17(31-8-2)19(16)32-9-3)21(28)26-27-22(29)20-12(4)18-13(5)24-14(6)25-23(18)33-20/h10-11H,7-9H2,1-6H3,(H,26,28)(H,27,29). The molecular formula is C23H28N4O5S. The Hall–Kier alpha value is -3.40. The Morgan fingerprint density at radius 1 is 0.879 bits per heavy atom. The summed E-state index contributed by atoms with van der Waals surface area (Å²) in [6, 6.07) is 3.12. The summed E-state index contributed by atoms with van der Waals surface area (Å²) in [5.41, 5.74) is 6.80. The molecule has 2 heterocycles. The van der Waals surface area contributed by atoms with E-state index in [-0.39, 0.29) is 5.56 Å². The Kier molecular flexibility index (Phi) is 7.70. The fourth-order valence-electron chi connectivity index (χ4n) is 3.45. The number of carbonyl (C=O) groups is 2. The van der Waals surface area contributed by atoms with Crippen LogP contribution in [0.4, 0.5) is 0 Å². The van der Waals surface area contributed by atoms with Gasteiger partial charge in [0.15, 0.2) is 11.5 Å². The number of carbonyl (C=O) groups excluding carboxylic acids is 2. The number of ether oxygens (including phenoxy) is 3. The smallest absolute Gasteiger partial charge is 0.280 e. The first-order chi connectivity index (χ1) is 15.8. The van der Waals surface area contributed by atoms with E-state index in [1.807, 2.05) is 41.5 Å². The van der Waals surface area contributed by atoms with Crippen molar-refractivity contribution in [3.8, 4) is 17.2 Å². The van der Waals surface area contributed by atoms with Gasteiger partial charge in [-0.1, -0.05) is 0 Å². The maximum absolute atomic E-state index is 12.8. The molecule has 0 bridgehead atoms. The van der Waals surface area contributed by atoms with E-state index < -0.39 is 11.8 Å². The molecule has 0 radical (unpaired) electrons. The van der Waals surface area contributed by atoms with Crippen LogP contribution in [-0.2, 0) is 0 Å². The lowest BCUT2D eigenvalue weighted by Crippen LogP contribution is -2.41. The number of hydrogen-bond acceptors (Lipinski definition) is 8. The second-order valence-electron chi connectivity index (χ2n) is 7.10. The molecule has 3 aromatic rings. The molecule has 0 fully saturated rings. The number of aromatic nitrogens is 2. The predicted molar refractivity (Wildman–Crippen MR) is 127 cm³/mol. The van der Waals surface area contributed by atoms with Gasteiger partial charge in [0, 0.05) is 16.6 Å². The molecule has 0 saturated carbocycles. The Labute approximate surface area is 196 Å². The van der Waals surface area contributed by atoms with E-state index in [0.717, 1.165) is 21.5 Å². The van der Waals surface area contributed by atoms with Crippen LogP contribution < -0.4 is 25.1 Å². The molecule has 0 unspecified atom stereocenters. The van der Waals surface area contributed by atoms with Crippen molar-refractivity contribution in [3.63, 3.8) is 0 Å². The monoisotopic (exact) mass is 472 g/mol. The van der Waals surface area contributed by atoms with Crippen molar-refractivity contribution in [2.45, 2.75) is 41.5 Å². The van der Waals surface area contributed by atoms with Gasteiger partial charge in [-0.2, -0.15) is 0 Å². The summed E-state index contributed by atoms with van der Waals surface area (Å²) in [7, 11) is 0. The van der Waals surface area contributed by atoms with E-state index >= 15 is 0 Å². The third-order valence-electron chi connectivity index (χ3n) is 4.75. The van der Waals surface area contributed by atoms with Gasteiger partial charge in [0.25, 0.3) is 11.8 Å². The maximum atomic E-state index is 12.8. The Morgan fingerprint density at radius 2 is 1.45 bits per heavy atom. The van der Waals surface area contributed by atoms with Crippen molar-refractivity contribution in [2.24, 2.45) is 0 Å². The largest absolute Gasteiger partial charge is 0.490 e. The van der Waals surface area contributed by atoms with Gasteiger partial charge in [-0.3, -0.25) is 20.4 Å². The number of nitrogens with one attached hydrogen (secondary N) is 2. The van der Waals surface area contributed by atoms with E-state index in [9.17, 15) is 9.59 Å². The summed E-state index contributed by atoms with van der Waals surface area (Å²) >= 11 is 1.26. The highest BCUT2D eigenvalue weighted by atomic mass is 32.1. The lowest BCUT2D eigenvalue weighted by atomic mass is 10.1. The SMILES string of the molecule is CCOc1cc(C(=O)NNC(=O)c2sc3nc(C)nc(C)c3c2C)cc(OCC)c1OCC. The van der Waals surface area contributed by atoms with Gasteiger partial charge < -0.3 is 14.2 Å². The maximum Gasteiger partial charge on any atom is 0.280 e. The molecule has 0 aliphatic heterocycles. The number of nitrogens with zero attached hydrogens (tertiary/aromatic N) is 2. The van der Waals surface area contributed by atoms with Crippen molar-refractivity contribution >= 4 is 33.4 Å². The molecule has 176 valence electrons. The highest BCUT2D eigenvalue weighted by Crippen LogP contribution is 2.39. The fourth-order valence-corrected chi connectivity index (χ4v) is 4.63. The van der Waals surface area contributed by atoms with E-state index in [1.165, 1.54) is 11.3 Å². The summed E-state index contributed by atoms with van der Waals surface area (Å²) in [6.07, 6.45) is 0. The second kappa shape index (κ2) is 10.5. The van der Waals surface area contributed by atoms with E-state index in [0.29, 0.717) is 47.8 Å². The van der Waals surface area contributed by atoms with Gasteiger partial charge >= 0.3 is 0 Å². The topological polar surface area (TPSA) is 112 Å². The van der Waals surface area contributed by atoms with Crippen LogP contribution in [0.25, 0.3) is 10.2 Å². The summed E-state index contributed by atoms with van der Waals surface area (Å²) in [5.74, 6) is 0.931. The van der Waals surface area contributed by atoms with Crippen molar-refractivity contribution in [2.75, 3.05) is 19.8 Å². The van der Waals surface area contributed by atoms with Crippen LogP contribution in [0.3, 0.4) is 0 Å². The van der Waals surface area contributed by atoms with Crippen LogP contribution in [0.15, 0.2) is 12.1 Å². The fraction of sp³-hybridized carbons (Fsp3) is 0.391. The molecule has 2 aromatic heterocycles. The highest BCUT2D eigenvalue weighted by Gasteiger charge is 2.21. The lowest BCUT2D eigenvalue weighted by Gasteiger charge is -2.17. The summed E-state index contributed by atoms with van der Waals surface area (Å²) in [5, 5.41) is 0.858. The molecule has 2 N–H and O–H groups in total. The molecule has 10 heteroatoms. The predicted octanol–water partition coefficient (Wildman–Crippen LogP) is 3.89. The van der Waals surface area contributed by atoms with Crippen molar-refractivity contribution < 1.29 is 23.8 Å². The Bertz CT molecular complexity index is 1160. The molecule has 0 spiro atoms. The zero-order valence-electron chi connectivity index (χ0n) is 19.6. The minimum absolute atomic E-state index is 0.260. The first kappa shape index (κ1) is 24.2. The van der Waals surface area contributed by atoms with Crippen LogP contribution in [0.1, 0.15) is 57.9 Å². The molecular weight excluding hydrogens is 444 g/mol. The molecule has 3 rings (SSSR count). The third-order valence-corrected chi connectivity index (χ3v) is 5.93. The number of rotatable bonds is 8. The minimum atomic E-state index is -0.515. The first-order valence-corrected chi connectivity index (χ1v) is 11.5. The molecule has 9 nitrogen and oxygen atoms in total. The van der Waals surface area contributed by atoms with Crippen molar-refractivity contribution in [1.82, 2.24) is 20.8 Å². The number of thiophene rings is 1. The molecule has 0 aliphatic rings. The number of hydrogen-bond donors (Lipinski definition) is 2. The average molecular weight is 473 g/mol. The first-order valence-electron chi connectivity index (χ1n) is 10.7. The molecule has 0 saturated heterocycles. The summed E-state index contributed by atoms with van der Waals surface area (Å²) in [6.45, 7) is 12.3. The zero-order chi connectivity index (χ0) is 24.1. The summed E-state index contributed by atoms with van der Waals surface area (Å²) in [4.78, 5) is 35.6. The average Bonchev–Trinajstić information content (AvgIpc) is 3.10. The molecule has 2 amide bonds. The van der Waals surface area contributed by atoms with Crippen molar-refractivity contribution in [1.29, 1.82) is 0 Å². The minimum Gasteiger partial charge on any atom is -0.490 e. The van der Waals surface area contributed by atoms with Crippen LogP contribution in [0.2, 0.25) is 0 Å². The van der Waals surface area contributed by atoms with Crippen LogP contribution in [-0.4, -0.2) is 41.6 Å². The van der Waals surface area contributed by atoms with E-state index in [2.05, 4.69) is 20.8 Å². The van der Waals surface area contributed by atoms with Crippen molar-refractivity contribution in [3.05, 3.63) is 39.7 Å². The Morgan fingerprint density at radius 3 is 2.03 bits per heavy atom. The van der Waals surface area contributed by atoms with Crippen LogP contribution in [0, 0.1) is 20.8 Å². The van der Waals surface area contributed by atoms with Gasteiger partial charge in [-0.05, 0) is 59.2 Å². The lowest BCUT2D eigenvalue weighted by molar-refractivity contribution is 0.0848. The van der Waals surface area contributed by atoms with Gasteiger partial charge in [0.05, 0.1) is 24.7 Å². The van der Waals surface area contributed by atoms with Gasteiger partial charge in [0.2, 0.25) is 5.75 Å². The Balaban J connectivity index is 1.83. The highest BCUT2D eigenvalue weighted by molar-refractivity contribution is 7.20. The zero-order valence-corrected chi connectivity index (χ0v) is 20.4. The van der Waals surface area contributed by atoms with E-state index in [1.54, 1.807) is 12.1 Å². The quantitative estimate of drug-likeness (QED) is 0.479. The third kappa shape index (κ3) is 5.16. The number of benzene rings is 1. The van der Waals surface area contributed by atoms with Crippen LogP contribution in [0.5, 0.6) is 17.2 Å². The number of hydrazine groups is 1. The summed E-state index contributed by atoms with van der Waals surface area (Å²) < 4.78 is 17.0. The van der Waals surface area contributed by atoms with Crippen LogP contribution >= 0.6 is 11.3 Å². The molecule has 1 aromatic carbocycles. The number of amides is 2. The van der Waals surface area contributed by atoms with E-state index in [4.69, 9.17) is 14.2 Å².